The molecule has 2 fully saturated rings. The van der Waals surface area contributed by atoms with Crippen molar-refractivity contribution in [2.45, 2.75) is 25.4 Å². The van der Waals surface area contributed by atoms with E-state index in [4.69, 9.17) is 11.6 Å². The molecule has 0 unspecified atom stereocenters. The minimum absolute atomic E-state index is 0.0879. The summed E-state index contributed by atoms with van der Waals surface area (Å²) in [5.41, 5.74) is -0.638. The van der Waals surface area contributed by atoms with Crippen molar-refractivity contribution in [3.63, 3.8) is 0 Å². The molecule has 206 valence electrons. The minimum Gasteiger partial charge on any atom is -0.384 e. The Labute approximate surface area is 229 Å². The maximum atomic E-state index is 14.1. The van der Waals surface area contributed by atoms with Gasteiger partial charge in [-0.15, -0.1) is 0 Å². The van der Waals surface area contributed by atoms with Gasteiger partial charge in [0.25, 0.3) is 5.56 Å². The van der Waals surface area contributed by atoms with E-state index in [2.05, 4.69) is 10.1 Å². The van der Waals surface area contributed by atoms with E-state index in [9.17, 15) is 23.5 Å². The molecule has 8 nitrogen and oxygen atoms in total. The third-order valence-corrected chi connectivity index (χ3v) is 8.45. The topological polar surface area (TPSA) is 91.6 Å². The lowest BCUT2D eigenvalue weighted by Crippen LogP contribution is -2.57. The van der Waals surface area contributed by atoms with Gasteiger partial charge >= 0.3 is 0 Å². The van der Waals surface area contributed by atoms with Gasteiger partial charge in [-0.05, 0) is 35.9 Å². The Balaban J connectivity index is 1.42. The fourth-order valence-electron chi connectivity index (χ4n) is 6.03. The second kappa shape index (κ2) is 10.3. The Morgan fingerprint density at radius 1 is 1.03 bits per heavy atom. The van der Waals surface area contributed by atoms with E-state index in [1.54, 1.807) is 30.3 Å². The molecular weight excluding hydrogens is 528 g/mol. The maximum Gasteiger partial charge on any atom is 0.266 e. The van der Waals surface area contributed by atoms with Crippen molar-refractivity contribution >= 4 is 23.3 Å². The number of carbonyl (C=O) groups is 1. The number of pyridine rings is 1. The summed E-state index contributed by atoms with van der Waals surface area (Å²) in [6, 6.07) is 10.1. The van der Waals surface area contributed by atoms with Crippen LogP contribution >= 0.6 is 11.6 Å². The quantitative estimate of drug-likeness (QED) is 0.529. The smallest absolute Gasteiger partial charge is 0.266 e. The van der Waals surface area contributed by atoms with Crippen LogP contribution in [0.2, 0.25) is 5.02 Å². The zero-order valence-electron chi connectivity index (χ0n) is 21.9. The van der Waals surface area contributed by atoms with Crippen LogP contribution in [-0.4, -0.2) is 56.9 Å². The van der Waals surface area contributed by atoms with Crippen molar-refractivity contribution in [2.24, 2.45) is 24.8 Å². The van der Waals surface area contributed by atoms with E-state index in [-0.39, 0.29) is 30.5 Å². The summed E-state index contributed by atoms with van der Waals surface area (Å²) in [6.07, 6.45) is 1.55. The summed E-state index contributed by atoms with van der Waals surface area (Å²) in [5, 5.41) is 16.5. The van der Waals surface area contributed by atoms with Gasteiger partial charge in [0, 0.05) is 68.9 Å². The Bertz CT molecular complexity index is 1440. The number of amides is 1. The molecule has 0 radical (unpaired) electrons. The number of hydrogen-bond acceptors (Lipinski definition) is 6. The van der Waals surface area contributed by atoms with Gasteiger partial charge < -0.3 is 14.9 Å². The molecule has 2 saturated heterocycles. The van der Waals surface area contributed by atoms with Gasteiger partial charge in [0.2, 0.25) is 5.91 Å². The van der Waals surface area contributed by atoms with Crippen LogP contribution in [0.3, 0.4) is 0 Å². The molecule has 0 aliphatic carbocycles. The number of carbonyl (C=O) groups excluding carboxylic acids is 1. The first-order valence-corrected chi connectivity index (χ1v) is 13.2. The van der Waals surface area contributed by atoms with Crippen molar-refractivity contribution in [1.82, 2.24) is 19.7 Å². The highest BCUT2D eigenvalue weighted by molar-refractivity contribution is 6.30. The minimum atomic E-state index is -1.43. The summed E-state index contributed by atoms with van der Waals surface area (Å²) in [5.74, 6) is -3.10. The normalized spacial score (nSPS) is 27.2. The van der Waals surface area contributed by atoms with Crippen LogP contribution in [0.15, 0.2) is 53.5 Å². The number of nitrogens with zero attached hydrogens (tertiary/aromatic N) is 5. The number of hydrogen-bond donors (Lipinski definition) is 1. The molecule has 2 aliphatic heterocycles. The van der Waals surface area contributed by atoms with Crippen LogP contribution in [0.1, 0.15) is 31.0 Å². The van der Waals surface area contributed by atoms with Gasteiger partial charge in [-0.2, -0.15) is 5.10 Å². The number of benzene rings is 1. The lowest BCUT2D eigenvalue weighted by molar-refractivity contribution is -0.152. The predicted molar refractivity (Wildman–Crippen MR) is 142 cm³/mol. The fourth-order valence-corrected chi connectivity index (χ4v) is 6.15. The van der Waals surface area contributed by atoms with Gasteiger partial charge in [-0.25, -0.2) is 13.5 Å². The molecule has 5 atom stereocenters. The summed E-state index contributed by atoms with van der Waals surface area (Å²) in [6.45, 7) is 4.94. The van der Waals surface area contributed by atoms with Crippen LogP contribution in [0, 0.1) is 29.4 Å². The summed E-state index contributed by atoms with van der Waals surface area (Å²) < 4.78 is 28.9. The second-order valence-corrected chi connectivity index (χ2v) is 11.1. The molecular formula is C28H30ClF2N5O3. The molecule has 5 rings (SSSR count). The largest absolute Gasteiger partial charge is 0.384 e. The van der Waals surface area contributed by atoms with Crippen LogP contribution < -0.4 is 10.5 Å². The molecule has 3 aromatic rings. The second-order valence-electron chi connectivity index (χ2n) is 10.7. The zero-order chi connectivity index (χ0) is 28.1. The van der Waals surface area contributed by atoms with Crippen LogP contribution in [0.25, 0.3) is 0 Å². The molecule has 4 heterocycles. The summed E-state index contributed by atoms with van der Waals surface area (Å²) in [7, 11) is 1.58. The average molecular weight is 558 g/mol. The van der Waals surface area contributed by atoms with E-state index in [0.29, 0.717) is 29.5 Å². The van der Waals surface area contributed by atoms with E-state index in [1.807, 2.05) is 24.8 Å². The molecule has 0 spiro atoms. The molecule has 39 heavy (non-hydrogen) atoms. The summed E-state index contributed by atoms with van der Waals surface area (Å²) >= 11 is 6.07. The Hall–Kier alpha value is -3.37. The van der Waals surface area contributed by atoms with Crippen LogP contribution in [0.4, 0.5) is 14.6 Å². The van der Waals surface area contributed by atoms with Crippen LogP contribution in [-0.2, 0) is 17.4 Å². The van der Waals surface area contributed by atoms with Gasteiger partial charge in [-0.1, -0.05) is 31.5 Å². The van der Waals surface area contributed by atoms with Crippen LogP contribution in [0.5, 0.6) is 0 Å². The Morgan fingerprint density at radius 3 is 2.36 bits per heavy atom. The molecule has 1 aromatic carbocycles. The number of piperidine rings is 1. The SMILES string of the molecule is C[C@@H]1CN(C(=O)[C@@H]2CN(c3ccc(=O)n(C)n3)C[C@H]2c2ccc(Cl)cn2)C[C@H](C)[C@]1(O)c1ccc(F)c(F)c1. The Kier molecular flexibility index (Phi) is 7.19. The Morgan fingerprint density at radius 2 is 1.74 bits per heavy atom. The number of aryl methyl sites for hydroxylation is 1. The highest BCUT2D eigenvalue weighted by Gasteiger charge is 2.49. The fraction of sp³-hybridized carbons (Fsp3) is 0.429. The molecule has 0 bridgehead atoms. The van der Waals surface area contributed by atoms with E-state index in [1.165, 1.54) is 16.8 Å². The highest BCUT2D eigenvalue weighted by atomic mass is 35.5. The predicted octanol–water partition coefficient (Wildman–Crippen LogP) is 3.33. The highest BCUT2D eigenvalue weighted by Crippen LogP contribution is 2.43. The molecule has 1 amide bonds. The van der Waals surface area contributed by atoms with Crippen molar-refractivity contribution in [3.05, 3.63) is 86.9 Å². The molecule has 2 aliphatic rings. The zero-order valence-corrected chi connectivity index (χ0v) is 22.6. The lowest BCUT2D eigenvalue weighted by Gasteiger charge is -2.48. The van der Waals surface area contributed by atoms with Crippen molar-refractivity contribution in [1.29, 1.82) is 0 Å². The summed E-state index contributed by atoms with van der Waals surface area (Å²) in [4.78, 5) is 34.1. The maximum absolute atomic E-state index is 14.1. The third-order valence-electron chi connectivity index (χ3n) is 8.22. The number of halogens is 3. The van der Waals surface area contributed by atoms with Crippen molar-refractivity contribution in [3.8, 4) is 0 Å². The molecule has 0 saturated carbocycles. The average Bonchev–Trinajstić information content (AvgIpc) is 3.35. The number of rotatable bonds is 4. The molecule has 1 N–H and O–H groups in total. The lowest BCUT2D eigenvalue weighted by atomic mass is 9.70. The standard InChI is InChI=1S/C28H30ClF2N5O3/c1-16-12-36(13-17(2)28(16,39)18-4-6-22(30)23(31)10-18)27(38)21-15-35(25-8-9-26(37)34(3)33-25)14-20(21)24-7-5-19(29)11-32-24/h4-11,16-17,20-21,39H,12-15H2,1-3H3/t16-,17+,20-,21-,28+/m1/s1. The first-order chi connectivity index (χ1) is 18.5. The van der Waals surface area contributed by atoms with E-state index < -0.39 is 35.0 Å². The van der Waals surface area contributed by atoms with Gasteiger partial charge in [-0.3, -0.25) is 14.6 Å². The number of aliphatic hydroxyl groups is 1. The van der Waals surface area contributed by atoms with Gasteiger partial charge in [0.15, 0.2) is 11.6 Å². The third kappa shape index (κ3) is 4.91. The first kappa shape index (κ1) is 27.2. The molecule has 2 aromatic heterocycles. The van der Waals surface area contributed by atoms with Crippen molar-refractivity contribution in [2.75, 3.05) is 31.1 Å². The van der Waals surface area contributed by atoms with Crippen molar-refractivity contribution < 1.29 is 18.7 Å². The van der Waals surface area contributed by atoms with Gasteiger partial charge in [0.05, 0.1) is 16.5 Å². The van der Waals surface area contributed by atoms with E-state index in [0.717, 1.165) is 17.8 Å². The first-order valence-electron chi connectivity index (χ1n) is 12.9. The number of anilines is 1. The van der Waals surface area contributed by atoms with Gasteiger partial charge in [0.1, 0.15) is 5.82 Å². The number of aromatic nitrogens is 3. The monoisotopic (exact) mass is 557 g/mol. The number of likely N-dealkylation sites (tertiary alicyclic amines) is 1. The molecule has 11 heteroatoms. The van der Waals surface area contributed by atoms with E-state index >= 15 is 0 Å².